The lowest BCUT2D eigenvalue weighted by molar-refractivity contribution is -0.117. The Labute approximate surface area is 174 Å². The second-order valence-electron chi connectivity index (χ2n) is 7.86. The van der Waals surface area contributed by atoms with E-state index in [0.717, 1.165) is 28.1 Å². The Morgan fingerprint density at radius 2 is 1.73 bits per heavy atom. The molecular formula is C25H21N3O2. The van der Waals surface area contributed by atoms with Gasteiger partial charge in [-0.25, -0.2) is 4.98 Å². The minimum Gasteiger partial charge on any atom is -0.325 e. The molecule has 30 heavy (non-hydrogen) atoms. The van der Waals surface area contributed by atoms with Crippen LogP contribution in [0.1, 0.15) is 28.4 Å². The van der Waals surface area contributed by atoms with Crippen molar-refractivity contribution in [2.75, 3.05) is 5.32 Å². The van der Waals surface area contributed by atoms with Gasteiger partial charge >= 0.3 is 0 Å². The topological polar surface area (TPSA) is 64.0 Å². The van der Waals surface area contributed by atoms with Crippen molar-refractivity contribution < 1.29 is 4.79 Å². The maximum absolute atomic E-state index is 13.4. The van der Waals surface area contributed by atoms with Crippen LogP contribution in [-0.2, 0) is 11.2 Å². The van der Waals surface area contributed by atoms with Gasteiger partial charge < -0.3 is 5.32 Å². The summed E-state index contributed by atoms with van der Waals surface area (Å²) in [6.07, 6.45) is 0.344. The maximum Gasteiger partial charge on any atom is 0.265 e. The fourth-order valence-corrected chi connectivity index (χ4v) is 4.18. The number of amides is 1. The van der Waals surface area contributed by atoms with E-state index in [2.05, 4.69) is 5.32 Å². The van der Waals surface area contributed by atoms with E-state index < -0.39 is 0 Å². The van der Waals surface area contributed by atoms with Crippen molar-refractivity contribution in [2.45, 2.75) is 26.2 Å². The van der Waals surface area contributed by atoms with E-state index in [-0.39, 0.29) is 17.4 Å². The predicted octanol–water partition coefficient (Wildman–Crippen LogP) is 4.28. The number of aryl methyl sites for hydroxylation is 2. The SMILES string of the molecule is Cc1cccc(-n2c(C[C@H]3C(=O)Nc4ccc(C)cc43)nc3ccccc3c2=O)c1. The molecule has 0 saturated heterocycles. The minimum atomic E-state index is -0.385. The molecule has 1 atom stereocenters. The molecule has 5 rings (SSSR count). The summed E-state index contributed by atoms with van der Waals surface area (Å²) in [4.78, 5) is 31.0. The third kappa shape index (κ3) is 2.99. The van der Waals surface area contributed by atoms with Gasteiger partial charge in [0.2, 0.25) is 5.91 Å². The summed E-state index contributed by atoms with van der Waals surface area (Å²) in [6, 6.07) is 21.1. The Morgan fingerprint density at radius 3 is 2.57 bits per heavy atom. The molecule has 0 saturated carbocycles. The number of carbonyl (C=O) groups is 1. The van der Waals surface area contributed by atoms with E-state index in [9.17, 15) is 9.59 Å². The number of benzene rings is 3. The van der Waals surface area contributed by atoms with Crippen LogP contribution in [0.3, 0.4) is 0 Å². The highest BCUT2D eigenvalue weighted by molar-refractivity contribution is 6.03. The Hall–Kier alpha value is -3.73. The first-order chi connectivity index (χ1) is 14.5. The molecule has 3 aromatic carbocycles. The van der Waals surface area contributed by atoms with E-state index in [0.29, 0.717) is 23.1 Å². The number of anilines is 1. The average molecular weight is 395 g/mol. The fourth-order valence-electron chi connectivity index (χ4n) is 4.18. The Kier molecular flexibility index (Phi) is 4.24. The molecule has 1 aliphatic heterocycles. The third-order valence-corrected chi connectivity index (χ3v) is 5.65. The number of fused-ring (bicyclic) bond motifs is 2. The Balaban J connectivity index is 1.71. The van der Waals surface area contributed by atoms with Crippen LogP contribution in [-0.4, -0.2) is 15.5 Å². The van der Waals surface area contributed by atoms with Gasteiger partial charge in [-0.15, -0.1) is 0 Å². The largest absolute Gasteiger partial charge is 0.325 e. The quantitative estimate of drug-likeness (QED) is 0.563. The highest BCUT2D eigenvalue weighted by Gasteiger charge is 2.32. The van der Waals surface area contributed by atoms with Crippen LogP contribution in [0, 0.1) is 13.8 Å². The molecule has 148 valence electrons. The second kappa shape index (κ2) is 6.95. The van der Waals surface area contributed by atoms with Crippen LogP contribution in [0.5, 0.6) is 0 Å². The summed E-state index contributed by atoms with van der Waals surface area (Å²) in [5.41, 5.74) is 5.22. The molecule has 0 radical (unpaired) electrons. The highest BCUT2D eigenvalue weighted by Crippen LogP contribution is 2.35. The minimum absolute atomic E-state index is 0.0613. The summed E-state index contributed by atoms with van der Waals surface area (Å²) in [6.45, 7) is 4.00. The number of hydrogen-bond donors (Lipinski definition) is 1. The molecular weight excluding hydrogens is 374 g/mol. The molecule has 0 unspecified atom stereocenters. The molecule has 1 aliphatic rings. The number of aromatic nitrogens is 2. The molecule has 1 N–H and O–H groups in total. The van der Waals surface area contributed by atoms with Crippen molar-refractivity contribution in [1.82, 2.24) is 9.55 Å². The van der Waals surface area contributed by atoms with Crippen molar-refractivity contribution in [3.63, 3.8) is 0 Å². The zero-order chi connectivity index (χ0) is 20.8. The lowest BCUT2D eigenvalue weighted by atomic mass is 9.95. The molecule has 0 fully saturated rings. The van der Waals surface area contributed by atoms with Crippen LogP contribution in [0.15, 0.2) is 71.5 Å². The average Bonchev–Trinajstić information content (AvgIpc) is 3.03. The van der Waals surface area contributed by atoms with Gasteiger partial charge in [0.25, 0.3) is 5.56 Å². The molecule has 0 bridgehead atoms. The number of hydrogen-bond acceptors (Lipinski definition) is 3. The zero-order valence-corrected chi connectivity index (χ0v) is 16.8. The molecule has 5 nitrogen and oxygen atoms in total. The standard InChI is InChI=1S/C25H21N3O2/c1-15-6-5-7-17(12-15)28-23(26-21-9-4-3-8-18(21)25(28)30)14-20-19-13-16(2)10-11-22(19)27-24(20)29/h3-13,20H,14H2,1-2H3,(H,27,29)/t20-/m1/s1. The molecule has 0 aliphatic carbocycles. The van der Waals surface area contributed by atoms with Gasteiger partial charge in [0.05, 0.1) is 22.5 Å². The molecule has 5 heteroatoms. The summed E-state index contributed by atoms with van der Waals surface area (Å²) >= 11 is 0. The zero-order valence-electron chi connectivity index (χ0n) is 16.8. The van der Waals surface area contributed by atoms with Crippen molar-refractivity contribution in [3.8, 4) is 5.69 Å². The van der Waals surface area contributed by atoms with Gasteiger partial charge in [0.1, 0.15) is 5.82 Å². The first-order valence-corrected chi connectivity index (χ1v) is 10.0. The van der Waals surface area contributed by atoms with Gasteiger partial charge in [-0.1, -0.05) is 42.0 Å². The summed E-state index contributed by atoms with van der Waals surface area (Å²) < 4.78 is 1.65. The van der Waals surface area contributed by atoms with E-state index in [1.165, 1.54) is 0 Å². The van der Waals surface area contributed by atoms with Crippen molar-refractivity contribution in [3.05, 3.63) is 99.6 Å². The van der Waals surface area contributed by atoms with Gasteiger partial charge in [0, 0.05) is 12.1 Å². The highest BCUT2D eigenvalue weighted by atomic mass is 16.2. The van der Waals surface area contributed by atoms with Crippen molar-refractivity contribution >= 4 is 22.5 Å². The molecule has 2 heterocycles. The monoisotopic (exact) mass is 395 g/mol. The summed E-state index contributed by atoms with van der Waals surface area (Å²) in [7, 11) is 0. The lowest BCUT2D eigenvalue weighted by Crippen LogP contribution is -2.26. The van der Waals surface area contributed by atoms with Gasteiger partial charge in [-0.3, -0.25) is 14.2 Å². The van der Waals surface area contributed by atoms with E-state index >= 15 is 0 Å². The summed E-state index contributed by atoms with van der Waals surface area (Å²) in [5.74, 6) is 0.136. The number of rotatable bonds is 3. The predicted molar refractivity (Wildman–Crippen MR) is 118 cm³/mol. The van der Waals surface area contributed by atoms with E-state index in [4.69, 9.17) is 4.98 Å². The van der Waals surface area contributed by atoms with Crippen molar-refractivity contribution in [1.29, 1.82) is 0 Å². The van der Waals surface area contributed by atoms with Gasteiger partial charge in [0.15, 0.2) is 0 Å². The molecule has 4 aromatic rings. The third-order valence-electron chi connectivity index (χ3n) is 5.65. The second-order valence-corrected chi connectivity index (χ2v) is 7.86. The first-order valence-electron chi connectivity index (χ1n) is 10.0. The molecule has 0 spiro atoms. The normalized spacial score (nSPS) is 15.3. The van der Waals surface area contributed by atoms with Gasteiger partial charge in [-0.2, -0.15) is 0 Å². The van der Waals surface area contributed by atoms with Crippen LogP contribution in [0.4, 0.5) is 5.69 Å². The molecule has 1 aromatic heterocycles. The molecule has 1 amide bonds. The smallest absolute Gasteiger partial charge is 0.265 e. The fraction of sp³-hybridized carbons (Fsp3) is 0.160. The maximum atomic E-state index is 13.4. The Bertz CT molecular complexity index is 1370. The van der Waals surface area contributed by atoms with Gasteiger partial charge in [-0.05, 0) is 55.3 Å². The van der Waals surface area contributed by atoms with Crippen LogP contribution >= 0.6 is 0 Å². The van der Waals surface area contributed by atoms with Crippen molar-refractivity contribution in [2.24, 2.45) is 0 Å². The number of nitrogens with zero attached hydrogens (tertiary/aromatic N) is 2. The van der Waals surface area contributed by atoms with E-state index in [1.807, 2.05) is 74.5 Å². The van der Waals surface area contributed by atoms with Crippen LogP contribution in [0.25, 0.3) is 16.6 Å². The number of para-hydroxylation sites is 1. The van der Waals surface area contributed by atoms with E-state index in [1.54, 1.807) is 10.6 Å². The lowest BCUT2D eigenvalue weighted by Gasteiger charge is -2.16. The number of carbonyl (C=O) groups excluding carboxylic acids is 1. The van der Waals surface area contributed by atoms with Crippen LogP contribution in [0.2, 0.25) is 0 Å². The first kappa shape index (κ1) is 18.3. The van der Waals surface area contributed by atoms with Crippen LogP contribution < -0.4 is 10.9 Å². The number of nitrogens with one attached hydrogen (secondary N) is 1. The summed E-state index contributed by atoms with van der Waals surface area (Å²) in [5, 5.41) is 3.53. The Morgan fingerprint density at radius 1 is 0.933 bits per heavy atom.